The first-order valence-corrected chi connectivity index (χ1v) is 8.36. The summed E-state index contributed by atoms with van der Waals surface area (Å²) >= 11 is 2.88. The highest BCUT2D eigenvalue weighted by molar-refractivity contribution is 7.16. The van der Waals surface area contributed by atoms with Crippen LogP contribution in [0.1, 0.15) is 50.9 Å². The van der Waals surface area contributed by atoms with Crippen molar-refractivity contribution in [2.24, 2.45) is 5.73 Å². The number of nitriles is 1. The van der Waals surface area contributed by atoms with Gasteiger partial charge in [-0.3, -0.25) is 4.79 Å². The van der Waals surface area contributed by atoms with E-state index < -0.39 is 0 Å². The van der Waals surface area contributed by atoms with Gasteiger partial charge in [0.25, 0.3) is 5.91 Å². The summed E-state index contributed by atoms with van der Waals surface area (Å²) in [6.45, 7) is 1.83. The van der Waals surface area contributed by atoms with Gasteiger partial charge in [-0.1, -0.05) is 0 Å². The number of thiazole rings is 1. The van der Waals surface area contributed by atoms with Crippen molar-refractivity contribution in [2.75, 3.05) is 5.32 Å². The number of nitrogens with two attached hydrogens (primary N) is 1. The molecule has 2 aromatic heterocycles. The molecule has 0 radical (unpaired) electrons. The first-order valence-electron chi connectivity index (χ1n) is 6.67. The van der Waals surface area contributed by atoms with E-state index in [0.29, 0.717) is 16.3 Å². The monoisotopic (exact) mass is 318 g/mol. The summed E-state index contributed by atoms with van der Waals surface area (Å²) in [4.78, 5) is 17.7. The van der Waals surface area contributed by atoms with Gasteiger partial charge in [0.2, 0.25) is 0 Å². The molecular formula is C14H14N4OS2. The van der Waals surface area contributed by atoms with Crippen LogP contribution in [-0.4, -0.2) is 10.9 Å². The van der Waals surface area contributed by atoms with Crippen molar-refractivity contribution in [3.63, 3.8) is 0 Å². The predicted octanol–water partition coefficient (Wildman–Crippen LogP) is 2.84. The van der Waals surface area contributed by atoms with Crippen LogP contribution < -0.4 is 11.1 Å². The normalized spacial score (nSPS) is 14.5. The maximum absolute atomic E-state index is 12.2. The number of nitrogens with zero attached hydrogens (tertiary/aromatic N) is 2. The Balaban J connectivity index is 1.83. The SMILES string of the molecule is CC(N)c1nc(C(=O)Nc2sc3c(c2C#N)CCC3)cs1. The van der Waals surface area contributed by atoms with Crippen LogP contribution in [0.2, 0.25) is 0 Å². The standard InChI is InChI=1S/C14H14N4OS2/c1-7(16)13-17-10(6-20-13)12(19)18-14-9(5-15)8-3-2-4-11(8)21-14/h6-7H,2-4,16H2,1H3,(H,18,19). The fourth-order valence-corrected chi connectivity index (χ4v) is 4.37. The number of carbonyl (C=O) groups is 1. The molecular weight excluding hydrogens is 304 g/mol. The Kier molecular flexibility index (Phi) is 3.76. The maximum atomic E-state index is 12.2. The summed E-state index contributed by atoms with van der Waals surface area (Å²) in [5.41, 5.74) is 7.82. The summed E-state index contributed by atoms with van der Waals surface area (Å²) in [6, 6.07) is 2.03. The van der Waals surface area contributed by atoms with Crippen molar-refractivity contribution in [1.82, 2.24) is 4.98 Å². The van der Waals surface area contributed by atoms with Crippen molar-refractivity contribution < 1.29 is 4.79 Å². The largest absolute Gasteiger partial charge is 0.322 e. The first kappa shape index (κ1) is 14.2. The number of fused-ring (bicyclic) bond motifs is 1. The molecule has 1 atom stereocenters. The average Bonchev–Trinajstić information content (AvgIpc) is 3.13. The van der Waals surface area contributed by atoms with Crippen LogP contribution in [0.4, 0.5) is 5.00 Å². The Morgan fingerprint density at radius 2 is 2.38 bits per heavy atom. The highest BCUT2D eigenvalue weighted by Gasteiger charge is 2.24. The molecule has 1 aliphatic rings. The molecule has 0 spiro atoms. The quantitative estimate of drug-likeness (QED) is 0.910. The highest BCUT2D eigenvalue weighted by atomic mass is 32.1. The molecule has 3 N–H and O–H groups in total. The molecule has 0 aromatic carbocycles. The Bertz CT molecular complexity index is 739. The van der Waals surface area contributed by atoms with Gasteiger partial charge in [-0.15, -0.1) is 22.7 Å². The number of aromatic nitrogens is 1. The van der Waals surface area contributed by atoms with Crippen LogP contribution in [0.3, 0.4) is 0 Å². The number of rotatable bonds is 3. The van der Waals surface area contributed by atoms with E-state index in [1.54, 1.807) is 5.38 Å². The zero-order valence-electron chi connectivity index (χ0n) is 11.5. The molecule has 0 aliphatic heterocycles. The highest BCUT2D eigenvalue weighted by Crippen LogP contribution is 2.38. The molecule has 5 nitrogen and oxygen atoms in total. The second kappa shape index (κ2) is 5.56. The minimum atomic E-state index is -0.283. The van der Waals surface area contributed by atoms with Crippen LogP contribution in [0.15, 0.2) is 5.38 Å². The van der Waals surface area contributed by atoms with Crippen molar-refractivity contribution in [3.05, 3.63) is 32.1 Å². The molecule has 1 amide bonds. The molecule has 1 aliphatic carbocycles. The Morgan fingerprint density at radius 3 is 3.05 bits per heavy atom. The predicted molar refractivity (Wildman–Crippen MR) is 83.7 cm³/mol. The zero-order valence-corrected chi connectivity index (χ0v) is 13.1. The molecule has 2 aromatic rings. The van der Waals surface area contributed by atoms with Crippen LogP contribution >= 0.6 is 22.7 Å². The van der Waals surface area contributed by atoms with E-state index in [0.717, 1.165) is 29.8 Å². The molecule has 0 saturated carbocycles. The summed E-state index contributed by atoms with van der Waals surface area (Å²) in [5, 5.41) is 15.2. The van der Waals surface area contributed by atoms with Crippen molar-refractivity contribution in [2.45, 2.75) is 32.2 Å². The van der Waals surface area contributed by atoms with E-state index >= 15 is 0 Å². The number of aryl methyl sites for hydroxylation is 1. The van der Waals surface area contributed by atoms with Gasteiger partial charge in [-0.05, 0) is 31.7 Å². The Hall–Kier alpha value is -1.75. The lowest BCUT2D eigenvalue weighted by atomic mass is 10.1. The van der Waals surface area contributed by atoms with Crippen molar-refractivity contribution >= 4 is 33.6 Å². The summed E-state index contributed by atoms with van der Waals surface area (Å²) < 4.78 is 0. The number of carbonyl (C=O) groups excluding carboxylic acids is 1. The van der Waals surface area contributed by atoms with Crippen LogP contribution in [0.25, 0.3) is 0 Å². The van der Waals surface area contributed by atoms with E-state index in [-0.39, 0.29) is 11.9 Å². The third-order valence-electron chi connectivity index (χ3n) is 3.40. The molecule has 7 heteroatoms. The second-order valence-electron chi connectivity index (χ2n) is 4.99. The third kappa shape index (κ3) is 2.58. The van der Waals surface area contributed by atoms with Gasteiger partial charge in [0.1, 0.15) is 21.8 Å². The smallest absolute Gasteiger partial charge is 0.275 e. The van der Waals surface area contributed by atoms with E-state index in [1.165, 1.54) is 27.6 Å². The summed E-state index contributed by atoms with van der Waals surface area (Å²) in [5.74, 6) is -0.283. The molecule has 3 rings (SSSR count). The molecule has 0 saturated heterocycles. The van der Waals surface area contributed by atoms with Crippen LogP contribution in [-0.2, 0) is 12.8 Å². The zero-order chi connectivity index (χ0) is 15.0. The van der Waals surface area contributed by atoms with Gasteiger partial charge in [0.15, 0.2) is 0 Å². The lowest BCUT2D eigenvalue weighted by molar-refractivity contribution is 0.102. The van der Waals surface area contributed by atoms with E-state index in [9.17, 15) is 10.1 Å². The number of amides is 1. The number of thiophene rings is 1. The third-order valence-corrected chi connectivity index (χ3v) is 5.66. The van der Waals surface area contributed by atoms with Gasteiger partial charge < -0.3 is 11.1 Å². The molecule has 21 heavy (non-hydrogen) atoms. The first-order chi connectivity index (χ1) is 10.1. The molecule has 2 heterocycles. The molecule has 1 unspecified atom stereocenters. The fraction of sp³-hybridized carbons (Fsp3) is 0.357. The fourth-order valence-electron chi connectivity index (χ4n) is 2.38. The second-order valence-corrected chi connectivity index (χ2v) is 6.98. The molecule has 0 fully saturated rings. The van der Waals surface area contributed by atoms with Gasteiger partial charge in [0, 0.05) is 10.3 Å². The number of nitrogens with one attached hydrogen (secondary N) is 1. The molecule has 0 bridgehead atoms. The number of hydrogen-bond donors (Lipinski definition) is 2. The average molecular weight is 318 g/mol. The van der Waals surface area contributed by atoms with E-state index in [2.05, 4.69) is 16.4 Å². The Morgan fingerprint density at radius 1 is 1.57 bits per heavy atom. The van der Waals surface area contributed by atoms with Gasteiger partial charge >= 0.3 is 0 Å². The summed E-state index contributed by atoms with van der Waals surface area (Å²) in [6.07, 6.45) is 3.01. The minimum Gasteiger partial charge on any atom is -0.322 e. The molecule has 108 valence electrons. The van der Waals surface area contributed by atoms with Gasteiger partial charge in [0.05, 0.1) is 11.6 Å². The van der Waals surface area contributed by atoms with Crippen LogP contribution in [0, 0.1) is 11.3 Å². The van der Waals surface area contributed by atoms with Crippen LogP contribution in [0.5, 0.6) is 0 Å². The summed E-state index contributed by atoms with van der Waals surface area (Å²) in [7, 11) is 0. The topological polar surface area (TPSA) is 91.8 Å². The van der Waals surface area contributed by atoms with E-state index in [1.807, 2.05) is 6.92 Å². The lowest BCUT2D eigenvalue weighted by Crippen LogP contribution is -2.13. The van der Waals surface area contributed by atoms with Crippen molar-refractivity contribution in [3.8, 4) is 6.07 Å². The van der Waals surface area contributed by atoms with E-state index in [4.69, 9.17) is 5.73 Å². The minimum absolute atomic E-state index is 0.184. The maximum Gasteiger partial charge on any atom is 0.275 e. The number of hydrogen-bond acceptors (Lipinski definition) is 6. The van der Waals surface area contributed by atoms with Gasteiger partial charge in [-0.2, -0.15) is 5.26 Å². The van der Waals surface area contributed by atoms with Gasteiger partial charge in [-0.25, -0.2) is 4.98 Å². The van der Waals surface area contributed by atoms with Crippen molar-refractivity contribution in [1.29, 1.82) is 5.26 Å². The Labute approximate surface area is 130 Å². The number of anilines is 1. The lowest BCUT2D eigenvalue weighted by Gasteiger charge is -2.02.